The molecule has 2 aromatic carbocycles. The van der Waals surface area contributed by atoms with Gasteiger partial charge >= 0.3 is 5.97 Å². The number of nitriles is 1. The molecule has 0 aliphatic rings. The molecule has 3 nitrogen and oxygen atoms in total. The van der Waals surface area contributed by atoms with E-state index in [4.69, 9.17) is 22.0 Å². The van der Waals surface area contributed by atoms with Gasteiger partial charge in [-0.1, -0.05) is 29.4 Å². The van der Waals surface area contributed by atoms with Crippen LogP contribution in [-0.2, 0) is 0 Å². The molecule has 0 heterocycles. The first-order chi connectivity index (χ1) is 9.51. The van der Waals surface area contributed by atoms with Crippen molar-refractivity contribution in [2.45, 2.75) is 16.7 Å². The minimum atomic E-state index is -1.07. The molecule has 0 amide bonds. The zero-order valence-corrected chi connectivity index (χ0v) is 12.1. The normalized spacial score (nSPS) is 10.1. The Kier molecular flexibility index (Phi) is 4.33. The van der Waals surface area contributed by atoms with Crippen molar-refractivity contribution in [3.05, 3.63) is 58.1 Å². The molecule has 0 spiro atoms. The van der Waals surface area contributed by atoms with Crippen LogP contribution in [0.5, 0.6) is 0 Å². The number of hydrogen-bond acceptors (Lipinski definition) is 3. The van der Waals surface area contributed by atoms with Crippen LogP contribution in [0.2, 0.25) is 5.02 Å². The first kappa shape index (κ1) is 14.4. The van der Waals surface area contributed by atoms with Gasteiger partial charge in [-0.05, 0) is 42.8 Å². The Morgan fingerprint density at radius 3 is 2.70 bits per heavy atom. The van der Waals surface area contributed by atoms with Crippen molar-refractivity contribution in [3.63, 3.8) is 0 Å². The monoisotopic (exact) mass is 303 g/mol. The largest absolute Gasteiger partial charge is 0.478 e. The molecule has 20 heavy (non-hydrogen) atoms. The van der Waals surface area contributed by atoms with Gasteiger partial charge < -0.3 is 5.11 Å². The lowest BCUT2D eigenvalue weighted by molar-refractivity contribution is 0.0697. The molecule has 0 atom stereocenters. The number of carboxylic acids is 1. The van der Waals surface area contributed by atoms with Crippen molar-refractivity contribution < 1.29 is 9.90 Å². The molecule has 0 saturated heterocycles. The lowest BCUT2D eigenvalue weighted by Crippen LogP contribution is -1.97. The number of hydrogen-bond donors (Lipinski definition) is 1. The van der Waals surface area contributed by atoms with E-state index in [1.54, 1.807) is 18.2 Å². The summed E-state index contributed by atoms with van der Waals surface area (Å²) in [6.45, 7) is 1.94. The summed E-state index contributed by atoms with van der Waals surface area (Å²) in [4.78, 5) is 12.6. The van der Waals surface area contributed by atoms with Crippen LogP contribution < -0.4 is 0 Å². The number of carbonyl (C=O) groups is 1. The molecule has 0 saturated carbocycles. The Morgan fingerprint density at radius 1 is 1.30 bits per heavy atom. The minimum Gasteiger partial charge on any atom is -0.478 e. The molecule has 0 bridgehead atoms. The lowest BCUT2D eigenvalue weighted by atomic mass is 10.2. The Morgan fingerprint density at radius 2 is 2.05 bits per heavy atom. The van der Waals surface area contributed by atoms with Crippen LogP contribution in [0.25, 0.3) is 0 Å². The molecule has 2 aromatic rings. The summed E-state index contributed by atoms with van der Waals surface area (Å²) in [6.07, 6.45) is 0. The third-order valence-corrected chi connectivity index (χ3v) is 4.03. The first-order valence-corrected chi connectivity index (χ1v) is 6.92. The molecule has 0 unspecified atom stereocenters. The van der Waals surface area contributed by atoms with E-state index < -0.39 is 5.97 Å². The van der Waals surface area contributed by atoms with Crippen LogP contribution in [0.4, 0.5) is 0 Å². The van der Waals surface area contributed by atoms with E-state index in [0.29, 0.717) is 5.56 Å². The Hall–Kier alpha value is -1.96. The highest BCUT2D eigenvalue weighted by molar-refractivity contribution is 7.99. The SMILES string of the molecule is Cc1ccc(C#N)c(Sc2ccc(Cl)c(C(=O)O)c2)c1. The maximum absolute atomic E-state index is 11.1. The fourth-order valence-electron chi connectivity index (χ4n) is 1.67. The number of benzene rings is 2. The fourth-order valence-corrected chi connectivity index (χ4v) is 2.90. The van der Waals surface area contributed by atoms with Gasteiger partial charge in [-0.2, -0.15) is 5.26 Å². The van der Waals surface area contributed by atoms with Gasteiger partial charge in [0, 0.05) is 9.79 Å². The summed E-state index contributed by atoms with van der Waals surface area (Å²) in [5.74, 6) is -1.07. The van der Waals surface area contributed by atoms with E-state index in [2.05, 4.69) is 6.07 Å². The van der Waals surface area contributed by atoms with Crippen molar-refractivity contribution in [1.29, 1.82) is 5.26 Å². The van der Waals surface area contributed by atoms with Gasteiger partial charge in [-0.25, -0.2) is 4.79 Å². The number of rotatable bonds is 3. The van der Waals surface area contributed by atoms with Gasteiger partial charge in [0.05, 0.1) is 16.1 Å². The maximum Gasteiger partial charge on any atom is 0.337 e. The third-order valence-electron chi connectivity index (χ3n) is 2.65. The van der Waals surface area contributed by atoms with E-state index in [1.807, 2.05) is 19.1 Å². The molecule has 0 fully saturated rings. The van der Waals surface area contributed by atoms with Gasteiger partial charge in [0.1, 0.15) is 6.07 Å². The Labute approximate surface area is 125 Å². The van der Waals surface area contributed by atoms with Crippen LogP contribution in [0.3, 0.4) is 0 Å². The highest BCUT2D eigenvalue weighted by atomic mass is 35.5. The second kappa shape index (κ2) is 6.00. The predicted octanol–water partition coefficient (Wildman–Crippen LogP) is 4.37. The summed E-state index contributed by atoms with van der Waals surface area (Å²) in [5, 5.41) is 18.4. The van der Waals surface area contributed by atoms with Gasteiger partial charge in [-0.15, -0.1) is 0 Å². The number of aromatic carboxylic acids is 1. The number of aryl methyl sites for hydroxylation is 1. The number of carboxylic acid groups (broad SMARTS) is 1. The summed E-state index contributed by atoms with van der Waals surface area (Å²) in [5.41, 5.74) is 1.66. The zero-order chi connectivity index (χ0) is 14.7. The minimum absolute atomic E-state index is 0.0582. The summed E-state index contributed by atoms with van der Waals surface area (Å²) in [7, 11) is 0. The average molecular weight is 304 g/mol. The highest BCUT2D eigenvalue weighted by Crippen LogP contribution is 2.33. The molecule has 2 rings (SSSR count). The Balaban J connectivity index is 2.40. The standard InChI is InChI=1S/C15H10ClNO2S/c1-9-2-3-10(8-17)14(6-9)20-11-4-5-13(16)12(7-11)15(18)19/h2-7H,1H3,(H,18,19). The maximum atomic E-state index is 11.1. The number of halogens is 1. The number of nitrogens with zero attached hydrogens (tertiary/aromatic N) is 1. The summed E-state index contributed by atoms with van der Waals surface area (Å²) in [6, 6.07) is 12.5. The first-order valence-electron chi connectivity index (χ1n) is 5.72. The quantitative estimate of drug-likeness (QED) is 0.914. The van der Waals surface area contributed by atoms with E-state index in [1.165, 1.54) is 17.8 Å². The van der Waals surface area contributed by atoms with E-state index in [0.717, 1.165) is 15.4 Å². The molecule has 0 aliphatic carbocycles. The van der Waals surface area contributed by atoms with Gasteiger partial charge in [0.15, 0.2) is 0 Å². The van der Waals surface area contributed by atoms with E-state index in [9.17, 15) is 4.79 Å². The highest BCUT2D eigenvalue weighted by Gasteiger charge is 2.11. The second-order valence-electron chi connectivity index (χ2n) is 4.16. The van der Waals surface area contributed by atoms with Crippen LogP contribution in [-0.4, -0.2) is 11.1 Å². The average Bonchev–Trinajstić information content (AvgIpc) is 2.41. The zero-order valence-electron chi connectivity index (χ0n) is 10.6. The van der Waals surface area contributed by atoms with E-state index >= 15 is 0 Å². The fraction of sp³-hybridized carbons (Fsp3) is 0.0667. The van der Waals surface area contributed by atoms with Gasteiger partial charge in [-0.3, -0.25) is 0 Å². The molecular formula is C15H10ClNO2S. The second-order valence-corrected chi connectivity index (χ2v) is 5.68. The van der Waals surface area contributed by atoms with Crippen LogP contribution in [0.15, 0.2) is 46.2 Å². The third kappa shape index (κ3) is 3.13. The molecule has 0 aromatic heterocycles. The summed E-state index contributed by atoms with van der Waals surface area (Å²) >= 11 is 7.18. The molecule has 0 aliphatic heterocycles. The van der Waals surface area contributed by atoms with Crippen molar-refractivity contribution in [3.8, 4) is 6.07 Å². The lowest BCUT2D eigenvalue weighted by Gasteiger charge is -2.07. The van der Waals surface area contributed by atoms with Gasteiger partial charge in [0.2, 0.25) is 0 Å². The Bertz CT molecular complexity index is 722. The van der Waals surface area contributed by atoms with Crippen molar-refractivity contribution in [1.82, 2.24) is 0 Å². The van der Waals surface area contributed by atoms with Crippen LogP contribution >= 0.6 is 23.4 Å². The van der Waals surface area contributed by atoms with Crippen molar-refractivity contribution in [2.75, 3.05) is 0 Å². The van der Waals surface area contributed by atoms with Crippen LogP contribution in [0, 0.1) is 18.3 Å². The topological polar surface area (TPSA) is 61.1 Å². The summed E-state index contributed by atoms with van der Waals surface area (Å²) < 4.78 is 0. The van der Waals surface area contributed by atoms with Crippen LogP contribution in [0.1, 0.15) is 21.5 Å². The smallest absolute Gasteiger partial charge is 0.337 e. The van der Waals surface area contributed by atoms with E-state index in [-0.39, 0.29) is 10.6 Å². The molecular weight excluding hydrogens is 294 g/mol. The molecule has 5 heteroatoms. The van der Waals surface area contributed by atoms with Crippen molar-refractivity contribution >= 4 is 29.3 Å². The molecule has 1 N–H and O–H groups in total. The predicted molar refractivity (Wildman–Crippen MR) is 78.4 cm³/mol. The molecule has 100 valence electrons. The molecule has 0 radical (unpaired) electrons. The van der Waals surface area contributed by atoms with Gasteiger partial charge in [0.25, 0.3) is 0 Å². The van der Waals surface area contributed by atoms with Crippen molar-refractivity contribution in [2.24, 2.45) is 0 Å².